The van der Waals surface area contributed by atoms with Crippen LogP contribution in [0.2, 0.25) is 0 Å². The summed E-state index contributed by atoms with van der Waals surface area (Å²) in [4.78, 5) is 0.966. The van der Waals surface area contributed by atoms with E-state index in [2.05, 4.69) is 67.6 Å². The maximum Gasteiger partial charge on any atom is 0.125 e. The van der Waals surface area contributed by atoms with Crippen molar-refractivity contribution in [3.63, 3.8) is 0 Å². The van der Waals surface area contributed by atoms with Crippen LogP contribution in [0.5, 0.6) is 0 Å². The molecule has 21 heavy (non-hydrogen) atoms. The number of rotatable bonds is 5. The topological polar surface area (TPSA) is 48.1 Å². The first-order chi connectivity index (χ1) is 10.3. The van der Waals surface area contributed by atoms with Crippen LogP contribution in [-0.2, 0) is 0 Å². The van der Waals surface area contributed by atoms with Gasteiger partial charge < -0.3 is 16.0 Å². The zero-order valence-corrected chi connectivity index (χ0v) is 13.8. The fourth-order valence-corrected chi connectivity index (χ4v) is 2.86. The lowest BCUT2D eigenvalue weighted by molar-refractivity contribution is 0.541. The van der Waals surface area contributed by atoms with Crippen molar-refractivity contribution in [3.05, 3.63) is 42.1 Å². The summed E-state index contributed by atoms with van der Waals surface area (Å²) >= 11 is 4.37. The van der Waals surface area contributed by atoms with Crippen LogP contribution >= 0.6 is 21.9 Å². The molecule has 0 fully saturated rings. The number of nitrogens with one attached hydrogen (secondary N) is 4. The van der Waals surface area contributed by atoms with E-state index in [1.807, 2.05) is 12.1 Å². The zero-order chi connectivity index (χ0) is 14.7. The average Bonchev–Trinajstić information content (AvgIpc) is 2.91. The summed E-state index contributed by atoms with van der Waals surface area (Å²) in [7, 11) is 2.75. The Bertz CT molecular complexity index is 573. The lowest BCUT2D eigenvalue weighted by Crippen LogP contribution is -2.41. The van der Waals surface area contributed by atoms with Gasteiger partial charge in [0.15, 0.2) is 0 Å². The second kappa shape index (κ2) is 6.73. The summed E-state index contributed by atoms with van der Waals surface area (Å²) < 4.78 is 0. The van der Waals surface area contributed by atoms with Gasteiger partial charge in [0, 0.05) is 16.7 Å². The number of fused-ring (bicyclic) bond motifs is 1. The summed E-state index contributed by atoms with van der Waals surface area (Å²) in [6.07, 6.45) is 9.01. The van der Waals surface area contributed by atoms with Gasteiger partial charge in [0.2, 0.25) is 0 Å². The Morgan fingerprint density at radius 2 is 2.10 bits per heavy atom. The van der Waals surface area contributed by atoms with Crippen LogP contribution in [0.4, 0.5) is 11.4 Å². The van der Waals surface area contributed by atoms with Crippen molar-refractivity contribution >= 4 is 33.2 Å². The Morgan fingerprint density at radius 3 is 2.86 bits per heavy atom. The molecule has 0 bridgehead atoms. The molecule has 0 saturated heterocycles. The molecule has 1 aromatic carbocycles. The first-order valence-electron chi connectivity index (χ1n) is 7.20. The van der Waals surface area contributed by atoms with Crippen LogP contribution in [-0.4, -0.2) is 25.0 Å². The molecule has 1 aromatic rings. The Balaban J connectivity index is 1.57. The van der Waals surface area contributed by atoms with Gasteiger partial charge in [-0.2, -0.15) is 0 Å². The molecule has 0 aliphatic carbocycles. The SMILES string of the molecule is PCCCNC1C=CC(C2Nc3ccc(S)cc3N2)=CN1. The van der Waals surface area contributed by atoms with Crippen LogP contribution in [0.3, 0.4) is 0 Å². The van der Waals surface area contributed by atoms with E-state index in [4.69, 9.17) is 0 Å². The van der Waals surface area contributed by atoms with Gasteiger partial charge in [0.05, 0.1) is 17.5 Å². The molecule has 2 aliphatic heterocycles. The molecule has 0 spiro atoms. The Labute approximate surface area is 133 Å². The van der Waals surface area contributed by atoms with E-state index >= 15 is 0 Å². The molecule has 2 heterocycles. The molecule has 3 rings (SSSR count). The standard InChI is InChI=1S/C15H21N4PS/c20-7-1-6-16-14-5-2-10(9-17-14)15-18-12-4-3-11(21)8-13(12)19-15/h2-5,8-9,14-19,21H,1,6-7,20H2. The highest BCUT2D eigenvalue weighted by molar-refractivity contribution is 7.80. The minimum absolute atomic E-state index is 0.104. The van der Waals surface area contributed by atoms with Crippen molar-refractivity contribution < 1.29 is 0 Å². The first kappa shape index (κ1) is 14.8. The van der Waals surface area contributed by atoms with Crippen molar-refractivity contribution in [2.24, 2.45) is 0 Å². The van der Waals surface area contributed by atoms with Gasteiger partial charge in [-0.1, -0.05) is 6.08 Å². The van der Waals surface area contributed by atoms with E-state index in [-0.39, 0.29) is 12.3 Å². The third-order valence-corrected chi connectivity index (χ3v) is 4.28. The predicted molar refractivity (Wildman–Crippen MR) is 96.1 cm³/mol. The highest BCUT2D eigenvalue weighted by Crippen LogP contribution is 2.33. The van der Waals surface area contributed by atoms with Crippen molar-refractivity contribution in [3.8, 4) is 0 Å². The summed E-state index contributed by atoms with van der Waals surface area (Å²) in [6, 6.07) is 6.09. The third kappa shape index (κ3) is 3.54. The fraction of sp³-hybridized carbons (Fsp3) is 0.333. The molecule has 3 unspecified atom stereocenters. The molecule has 2 aliphatic rings. The van der Waals surface area contributed by atoms with Gasteiger partial charge in [-0.05, 0) is 43.4 Å². The van der Waals surface area contributed by atoms with E-state index in [1.54, 1.807) is 0 Å². The second-order valence-electron chi connectivity index (χ2n) is 5.20. The summed E-state index contributed by atoms with van der Waals surface area (Å²) in [6.45, 7) is 1.02. The zero-order valence-electron chi connectivity index (χ0n) is 11.8. The minimum atomic E-state index is 0.104. The second-order valence-corrected chi connectivity index (χ2v) is 6.29. The van der Waals surface area contributed by atoms with Crippen LogP contribution in [0, 0.1) is 0 Å². The van der Waals surface area contributed by atoms with Gasteiger partial charge >= 0.3 is 0 Å². The molecule has 0 aromatic heterocycles. The number of thiol groups is 1. The van der Waals surface area contributed by atoms with E-state index < -0.39 is 0 Å². The summed E-state index contributed by atoms with van der Waals surface area (Å²) in [5.41, 5.74) is 3.41. The van der Waals surface area contributed by atoms with Crippen molar-refractivity contribution in [2.45, 2.75) is 23.6 Å². The largest absolute Gasteiger partial charge is 0.372 e. The molecule has 4 nitrogen and oxygen atoms in total. The van der Waals surface area contributed by atoms with E-state index in [0.29, 0.717) is 0 Å². The minimum Gasteiger partial charge on any atom is -0.372 e. The molecule has 3 atom stereocenters. The molecule has 0 saturated carbocycles. The van der Waals surface area contributed by atoms with Crippen molar-refractivity contribution in [1.29, 1.82) is 0 Å². The normalized spacial score (nSPS) is 22.9. The summed E-state index contributed by atoms with van der Waals surface area (Å²) in [5.74, 6) is 0. The van der Waals surface area contributed by atoms with E-state index in [9.17, 15) is 0 Å². The lowest BCUT2D eigenvalue weighted by atomic mass is 10.1. The summed E-state index contributed by atoms with van der Waals surface area (Å²) in [5, 5.41) is 13.8. The van der Waals surface area contributed by atoms with Crippen LogP contribution in [0.15, 0.2) is 47.0 Å². The number of hydrogen-bond acceptors (Lipinski definition) is 5. The maximum absolute atomic E-state index is 4.37. The van der Waals surface area contributed by atoms with Crippen molar-refractivity contribution in [2.75, 3.05) is 23.3 Å². The molecule has 0 radical (unpaired) electrons. The average molecular weight is 320 g/mol. The maximum atomic E-state index is 4.37. The fourth-order valence-electron chi connectivity index (χ4n) is 2.45. The third-order valence-electron chi connectivity index (χ3n) is 3.59. The lowest BCUT2D eigenvalue weighted by Gasteiger charge is -2.23. The quantitative estimate of drug-likeness (QED) is 0.328. The van der Waals surface area contributed by atoms with Gasteiger partial charge in [-0.25, -0.2) is 0 Å². The Morgan fingerprint density at radius 1 is 1.24 bits per heavy atom. The van der Waals surface area contributed by atoms with Crippen LogP contribution < -0.4 is 21.3 Å². The van der Waals surface area contributed by atoms with Crippen molar-refractivity contribution in [1.82, 2.24) is 10.6 Å². The van der Waals surface area contributed by atoms with Gasteiger partial charge in [0.1, 0.15) is 6.17 Å². The Kier molecular flexibility index (Phi) is 4.73. The molecule has 0 amide bonds. The number of dihydropyridines is 1. The van der Waals surface area contributed by atoms with Gasteiger partial charge in [-0.15, -0.1) is 21.9 Å². The smallest absolute Gasteiger partial charge is 0.125 e. The molecular weight excluding hydrogens is 299 g/mol. The molecule has 112 valence electrons. The number of benzene rings is 1. The highest BCUT2D eigenvalue weighted by atomic mass is 32.1. The monoisotopic (exact) mass is 320 g/mol. The van der Waals surface area contributed by atoms with E-state index in [0.717, 1.165) is 29.0 Å². The number of hydrogen-bond donors (Lipinski definition) is 5. The highest BCUT2D eigenvalue weighted by Gasteiger charge is 2.23. The molecule has 4 N–H and O–H groups in total. The predicted octanol–water partition coefficient (Wildman–Crippen LogP) is 2.36. The van der Waals surface area contributed by atoms with Crippen LogP contribution in [0.25, 0.3) is 0 Å². The molecular formula is C15H21N4PS. The van der Waals surface area contributed by atoms with Gasteiger partial charge in [-0.3, -0.25) is 5.32 Å². The number of anilines is 2. The Hall–Kier alpha value is -1.16. The van der Waals surface area contributed by atoms with E-state index in [1.165, 1.54) is 12.0 Å². The molecule has 6 heteroatoms. The first-order valence-corrected chi connectivity index (χ1v) is 8.46. The van der Waals surface area contributed by atoms with Gasteiger partial charge in [0.25, 0.3) is 0 Å². The van der Waals surface area contributed by atoms with Crippen LogP contribution in [0.1, 0.15) is 6.42 Å².